The Morgan fingerprint density at radius 3 is 2.46 bits per heavy atom. The molecule has 2 aliphatic heterocycles. The fourth-order valence-corrected chi connectivity index (χ4v) is 4.02. The Morgan fingerprint density at radius 1 is 0.929 bits per heavy atom. The van der Waals surface area contributed by atoms with Gasteiger partial charge in [-0.3, -0.25) is 0 Å². The van der Waals surface area contributed by atoms with Crippen molar-refractivity contribution in [1.82, 2.24) is 20.1 Å². The SMILES string of the molecule is c1nc(N2CCCCC2)cnc1OCC1CCN(c2noc(C3CC3)n2)CC1. The zero-order chi connectivity index (χ0) is 18.8. The van der Waals surface area contributed by atoms with Gasteiger partial charge in [-0.05, 0) is 56.0 Å². The molecule has 28 heavy (non-hydrogen) atoms. The molecule has 2 saturated heterocycles. The second kappa shape index (κ2) is 7.93. The highest BCUT2D eigenvalue weighted by molar-refractivity contribution is 5.36. The van der Waals surface area contributed by atoms with Crippen molar-refractivity contribution in [1.29, 1.82) is 0 Å². The van der Waals surface area contributed by atoms with Crippen LogP contribution in [0.5, 0.6) is 5.88 Å². The van der Waals surface area contributed by atoms with E-state index in [0.29, 0.717) is 24.3 Å². The molecule has 0 aromatic carbocycles. The smallest absolute Gasteiger partial charge is 0.266 e. The highest BCUT2D eigenvalue weighted by atomic mass is 16.5. The standard InChI is InChI=1S/C20H28N6O2/c1-2-8-25(9-3-1)17-12-22-18(13-21-17)27-14-15-6-10-26(11-7-15)20-23-19(28-24-20)16-4-5-16/h12-13,15-16H,1-11,14H2. The van der Waals surface area contributed by atoms with E-state index in [1.165, 1.54) is 32.1 Å². The number of rotatable bonds is 6. The first-order valence-electron chi connectivity index (χ1n) is 10.6. The van der Waals surface area contributed by atoms with Gasteiger partial charge in [-0.15, -0.1) is 0 Å². The maximum Gasteiger partial charge on any atom is 0.266 e. The van der Waals surface area contributed by atoms with Crippen LogP contribution in [0, 0.1) is 5.92 Å². The van der Waals surface area contributed by atoms with Gasteiger partial charge in [-0.2, -0.15) is 4.98 Å². The Hall–Kier alpha value is -2.38. The molecule has 0 amide bonds. The van der Waals surface area contributed by atoms with E-state index in [1.807, 2.05) is 6.20 Å². The van der Waals surface area contributed by atoms with Crippen LogP contribution in [-0.2, 0) is 0 Å². The first-order valence-corrected chi connectivity index (χ1v) is 10.6. The lowest BCUT2D eigenvalue weighted by molar-refractivity contribution is 0.214. The summed E-state index contributed by atoms with van der Waals surface area (Å²) in [6.45, 7) is 4.73. The summed E-state index contributed by atoms with van der Waals surface area (Å²) in [6, 6.07) is 0. The van der Waals surface area contributed by atoms with Crippen molar-refractivity contribution in [3.8, 4) is 5.88 Å². The number of aromatic nitrogens is 4. The Kier molecular flexibility index (Phi) is 5.01. The quantitative estimate of drug-likeness (QED) is 0.752. The number of hydrogen-bond acceptors (Lipinski definition) is 8. The lowest BCUT2D eigenvalue weighted by Gasteiger charge is -2.30. The van der Waals surface area contributed by atoms with E-state index in [-0.39, 0.29) is 0 Å². The van der Waals surface area contributed by atoms with E-state index in [4.69, 9.17) is 9.26 Å². The van der Waals surface area contributed by atoms with Gasteiger partial charge in [0, 0.05) is 32.1 Å². The summed E-state index contributed by atoms with van der Waals surface area (Å²) in [5.41, 5.74) is 0. The fourth-order valence-electron chi connectivity index (χ4n) is 4.02. The second-order valence-electron chi connectivity index (χ2n) is 8.21. The predicted molar refractivity (Wildman–Crippen MR) is 105 cm³/mol. The summed E-state index contributed by atoms with van der Waals surface area (Å²) in [7, 11) is 0. The maximum absolute atomic E-state index is 5.91. The van der Waals surface area contributed by atoms with Crippen LogP contribution in [0.2, 0.25) is 0 Å². The predicted octanol–water partition coefficient (Wildman–Crippen LogP) is 3.02. The Bertz CT molecular complexity index is 761. The molecule has 0 bridgehead atoms. The van der Waals surface area contributed by atoms with Crippen molar-refractivity contribution < 1.29 is 9.26 Å². The Labute approximate surface area is 165 Å². The molecule has 4 heterocycles. The van der Waals surface area contributed by atoms with Gasteiger partial charge in [0.15, 0.2) is 0 Å². The third-order valence-corrected chi connectivity index (χ3v) is 6.02. The molecule has 2 aromatic rings. The average molecular weight is 384 g/mol. The summed E-state index contributed by atoms with van der Waals surface area (Å²) >= 11 is 0. The molecular formula is C20H28N6O2. The van der Waals surface area contributed by atoms with Crippen molar-refractivity contribution in [2.75, 3.05) is 42.6 Å². The molecule has 0 unspecified atom stereocenters. The topological polar surface area (TPSA) is 80.4 Å². The molecule has 0 spiro atoms. The fraction of sp³-hybridized carbons (Fsp3) is 0.700. The zero-order valence-electron chi connectivity index (χ0n) is 16.3. The normalized spacial score (nSPS) is 21.1. The minimum atomic E-state index is 0.509. The van der Waals surface area contributed by atoms with E-state index in [2.05, 4.69) is 29.9 Å². The van der Waals surface area contributed by atoms with Crippen LogP contribution in [0.3, 0.4) is 0 Å². The van der Waals surface area contributed by atoms with Crippen LogP contribution in [0.25, 0.3) is 0 Å². The summed E-state index contributed by atoms with van der Waals surface area (Å²) < 4.78 is 11.3. The molecular weight excluding hydrogens is 356 g/mol. The maximum atomic E-state index is 5.91. The van der Waals surface area contributed by atoms with Gasteiger partial charge >= 0.3 is 0 Å². The average Bonchev–Trinajstić information content (AvgIpc) is 3.50. The minimum absolute atomic E-state index is 0.509. The monoisotopic (exact) mass is 384 g/mol. The van der Waals surface area contributed by atoms with Crippen molar-refractivity contribution in [2.45, 2.75) is 50.9 Å². The van der Waals surface area contributed by atoms with E-state index < -0.39 is 0 Å². The molecule has 8 nitrogen and oxygen atoms in total. The summed E-state index contributed by atoms with van der Waals surface area (Å²) in [6.07, 6.45) is 11.9. The van der Waals surface area contributed by atoms with E-state index in [1.54, 1.807) is 6.20 Å². The molecule has 3 fully saturated rings. The first-order chi connectivity index (χ1) is 13.8. The molecule has 8 heteroatoms. The molecule has 150 valence electrons. The van der Waals surface area contributed by atoms with Gasteiger partial charge in [-0.25, -0.2) is 9.97 Å². The van der Waals surface area contributed by atoms with E-state index in [9.17, 15) is 0 Å². The number of anilines is 2. The van der Waals surface area contributed by atoms with E-state index >= 15 is 0 Å². The lowest BCUT2D eigenvalue weighted by Crippen LogP contribution is -2.36. The van der Waals surface area contributed by atoms with Crippen LogP contribution in [0.1, 0.15) is 56.8 Å². The third-order valence-electron chi connectivity index (χ3n) is 6.02. The van der Waals surface area contributed by atoms with Crippen molar-refractivity contribution in [2.24, 2.45) is 5.92 Å². The molecule has 0 radical (unpaired) electrons. The van der Waals surface area contributed by atoms with Crippen LogP contribution in [-0.4, -0.2) is 52.9 Å². The minimum Gasteiger partial charge on any atom is -0.476 e. The first kappa shape index (κ1) is 17.7. The van der Waals surface area contributed by atoms with Crippen LogP contribution in [0.4, 0.5) is 11.8 Å². The van der Waals surface area contributed by atoms with Crippen LogP contribution in [0.15, 0.2) is 16.9 Å². The summed E-state index contributed by atoms with van der Waals surface area (Å²) in [5.74, 6) is 4.18. The van der Waals surface area contributed by atoms with Crippen LogP contribution < -0.4 is 14.5 Å². The lowest BCUT2D eigenvalue weighted by atomic mass is 9.98. The molecule has 1 aliphatic carbocycles. The van der Waals surface area contributed by atoms with Gasteiger partial charge in [0.1, 0.15) is 5.82 Å². The molecule has 0 N–H and O–H groups in total. The number of piperidine rings is 2. The summed E-state index contributed by atoms with van der Waals surface area (Å²) in [4.78, 5) is 18.1. The molecule has 2 aromatic heterocycles. The molecule has 0 atom stereocenters. The van der Waals surface area contributed by atoms with Crippen LogP contribution >= 0.6 is 0 Å². The molecule has 1 saturated carbocycles. The zero-order valence-corrected chi connectivity index (χ0v) is 16.3. The largest absolute Gasteiger partial charge is 0.476 e. The third kappa shape index (κ3) is 4.05. The molecule has 5 rings (SSSR count). The van der Waals surface area contributed by atoms with Crippen molar-refractivity contribution >= 4 is 11.8 Å². The molecule has 3 aliphatic rings. The van der Waals surface area contributed by atoms with Gasteiger partial charge in [0.05, 0.1) is 19.0 Å². The van der Waals surface area contributed by atoms with Gasteiger partial charge < -0.3 is 19.1 Å². The van der Waals surface area contributed by atoms with E-state index in [0.717, 1.165) is 56.7 Å². The van der Waals surface area contributed by atoms with Gasteiger partial charge in [-0.1, -0.05) is 0 Å². The second-order valence-corrected chi connectivity index (χ2v) is 8.21. The highest BCUT2D eigenvalue weighted by Gasteiger charge is 2.31. The van der Waals surface area contributed by atoms with Crippen molar-refractivity contribution in [3.63, 3.8) is 0 Å². The van der Waals surface area contributed by atoms with Gasteiger partial charge in [0.25, 0.3) is 5.95 Å². The Morgan fingerprint density at radius 2 is 1.75 bits per heavy atom. The number of nitrogens with zero attached hydrogens (tertiary/aromatic N) is 6. The van der Waals surface area contributed by atoms with Gasteiger partial charge in [0.2, 0.25) is 11.8 Å². The Balaban J connectivity index is 1.08. The summed E-state index contributed by atoms with van der Waals surface area (Å²) in [5, 5.41) is 4.15. The number of hydrogen-bond donors (Lipinski definition) is 0. The number of ether oxygens (including phenoxy) is 1. The highest BCUT2D eigenvalue weighted by Crippen LogP contribution is 2.39. The van der Waals surface area contributed by atoms with Crippen molar-refractivity contribution in [3.05, 3.63) is 18.3 Å².